The van der Waals surface area contributed by atoms with Gasteiger partial charge in [0.05, 0.1) is 34.6 Å². The van der Waals surface area contributed by atoms with Crippen molar-refractivity contribution in [1.29, 1.82) is 0 Å². The molecule has 0 radical (unpaired) electrons. The van der Waals surface area contributed by atoms with Crippen LogP contribution in [-0.4, -0.2) is 53.3 Å². The summed E-state index contributed by atoms with van der Waals surface area (Å²) in [5.74, 6) is 1.44. The van der Waals surface area contributed by atoms with Gasteiger partial charge >= 0.3 is 0 Å². The number of rotatable bonds is 18. The second-order valence-electron chi connectivity index (χ2n) is 10.0. The van der Waals surface area contributed by atoms with Crippen molar-refractivity contribution in [2.24, 2.45) is 5.92 Å². The molecule has 2 rings (SSSR count). The van der Waals surface area contributed by atoms with Crippen LogP contribution in [0.1, 0.15) is 84.3 Å². The number of benzene rings is 1. The number of hydrogen-bond acceptors (Lipinski definition) is 7. The minimum atomic E-state index is -1.27. The molecule has 0 bridgehead atoms. The number of aliphatic hydroxyl groups is 2. The number of Topliss-reactive ketones (excluding diaryl/α,β-unsaturated/α-hetero) is 1. The van der Waals surface area contributed by atoms with E-state index in [1.54, 1.807) is 6.08 Å². The summed E-state index contributed by atoms with van der Waals surface area (Å²) in [6, 6.07) is 2.05. The van der Waals surface area contributed by atoms with Crippen molar-refractivity contribution >= 4 is 34.7 Å². The van der Waals surface area contributed by atoms with Crippen LogP contribution in [0.15, 0.2) is 17.7 Å². The van der Waals surface area contributed by atoms with Crippen LogP contribution in [0.5, 0.6) is 11.5 Å². The zero-order valence-corrected chi connectivity index (χ0v) is 25.0. The van der Waals surface area contributed by atoms with Crippen LogP contribution in [0.3, 0.4) is 0 Å². The van der Waals surface area contributed by atoms with Crippen molar-refractivity contribution in [3.63, 3.8) is 0 Å². The average Bonchev–Trinajstić information content (AvgIpc) is 3.60. The zero-order valence-electron chi connectivity index (χ0n) is 22.8. The van der Waals surface area contributed by atoms with Crippen LogP contribution >= 0.6 is 22.6 Å². The minimum absolute atomic E-state index is 0.130. The van der Waals surface area contributed by atoms with E-state index in [4.69, 9.17) is 14.2 Å². The van der Waals surface area contributed by atoms with Gasteiger partial charge in [-0.2, -0.15) is 0 Å². The van der Waals surface area contributed by atoms with Crippen molar-refractivity contribution in [2.45, 2.75) is 104 Å². The minimum Gasteiger partial charge on any atom is -0.493 e. The van der Waals surface area contributed by atoms with Crippen molar-refractivity contribution in [3.8, 4) is 11.5 Å². The molecule has 3 atom stereocenters. The summed E-state index contributed by atoms with van der Waals surface area (Å²) in [6.45, 7) is 10.7. The highest BCUT2D eigenvalue weighted by Crippen LogP contribution is 2.41. The van der Waals surface area contributed by atoms with E-state index in [-0.39, 0.29) is 31.5 Å². The van der Waals surface area contributed by atoms with E-state index in [1.807, 2.05) is 19.9 Å². The Morgan fingerprint density at radius 2 is 1.95 bits per heavy atom. The molecule has 37 heavy (non-hydrogen) atoms. The Labute approximate surface area is 235 Å². The van der Waals surface area contributed by atoms with Gasteiger partial charge in [-0.05, 0) is 77.5 Å². The summed E-state index contributed by atoms with van der Waals surface area (Å²) in [5.41, 5.74) is 0.953. The Morgan fingerprint density at radius 3 is 2.49 bits per heavy atom. The third-order valence-electron chi connectivity index (χ3n) is 6.57. The topological polar surface area (TPSA) is 106 Å². The summed E-state index contributed by atoms with van der Waals surface area (Å²) >= 11 is 2.21. The Bertz CT molecular complexity index is 943. The number of aliphatic hydroxyl groups excluding tert-OH is 2. The van der Waals surface area contributed by atoms with Gasteiger partial charge in [-0.3, -0.25) is 9.59 Å². The molecule has 2 N–H and O–H groups in total. The molecule has 0 spiro atoms. The molecular formula is C29H43IO7. The van der Waals surface area contributed by atoms with Gasteiger partial charge in [0.1, 0.15) is 18.1 Å². The lowest BCUT2D eigenvalue weighted by Gasteiger charge is -2.21. The molecule has 208 valence electrons. The summed E-state index contributed by atoms with van der Waals surface area (Å²) < 4.78 is 18.5. The Balaban J connectivity index is 2.23. The van der Waals surface area contributed by atoms with Crippen LogP contribution in [-0.2, 0) is 27.4 Å². The molecule has 0 aromatic heterocycles. The highest BCUT2D eigenvalue weighted by atomic mass is 127. The van der Waals surface area contributed by atoms with Crippen LogP contribution in [0.25, 0.3) is 0 Å². The predicted octanol–water partition coefficient (Wildman–Crippen LogP) is 5.33. The first-order valence-corrected chi connectivity index (χ1v) is 14.5. The van der Waals surface area contributed by atoms with E-state index in [0.29, 0.717) is 54.3 Å². The van der Waals surface area contributed by atoms with Crippen LogP contribution in [0.4, 0.5) is 0 Å². The molecule has 1 aromatic carbocycles. The highest BCUT2D eigenvalue weighted by Gasteiger charge is 2.60. The second kappa shape index (κ2) is 15.2. The van der Waals surface area contributed by atoms with Crippen molar-refractivity contribution < 1.29 is 34.0 Å². The lowest BCUT2D eigenvalue weighted by molar-refractivity contribution is -0.121. The SMILES string of the molecule is CCCCOc1c(CC(C)C)cc(I)c(OC/C=C(\CCC)C(=O)CC(O)[C@]2(C=O)O[C@H]2CC)c1CO. The second-order valence-corrected chi connectivity index (χ2v) is 11.2. The fourth-order valence-electron chi connectivity index (χ4n) is 4.52. The maximum Gasteiger partial charge on any atom is 0.176 e. The van der Waals surface area contributed by atoms with E-state index in [1.165, 1.54) is 0 Å². The van der Waals surface area contributed by atoms with Crippen LogP contribution in [0.2, 0.25) is 0 Å². The van der Waals surface area contributed by atoms with Gasteiger partial charge in [0, 0.05) is 6.42 Å². The van der Waals surface area contributed by atoms with E-state index in [2.05, 4.69) is 43.4 Å². The molecule has 1 unspecified atom stereocenters. The van der Waals surface area contributed by atoms with E-state index < -0.39 is 11.7 Å². The molecule has 7 nitrogen and oxygen atoms in total. The first kappa shape index (κ1) is 31.7. The fraction of sp³-hybridized carbons (Fsp3) is 0.655. The average molecular weight is 631 g/mol. The monoisotopic (exact) mass is 630 g/mol. The van der Waals surface area contributed by atoms with Gasteiger partial charge in [0.2, 0.25) is 0 Å². The molecule has 1 saturated heterocycles. The first-order chi connectivity index (χ1) is 17.7. The number of unbranched alkanes of at least 4 members (excludes halogenated alkanes) is 1. The fourth-order valence-corrected chi connectivity index (χ4v) is 5.38. The maximum atomic E-state index is 13.0. The number of carbonyl (C=O) groups is 2. The molecule has 0 amide bonds. The number of epoxide rings is 1. The van der Waals surface area contributed by atoms with E-state index in [0.717, 1.165) is 34.8 Å². The number of aldehydes is 1. The summed E-state index contributed by atoms with van der Waals surface area (Å²) in [6.07, 6.45) is 5.27. The van der Waals surface area contributed by atoms with Gasteiger partial charge in [0.25, 0.3) is 0 Å². The Morgan fingerprint density at radius 1 is 1.22 bits per heavy atom. The molecule has 1 aliphatic heterocycles. The maximum absolute atomic E-state index is 13.0. The standard InChI is InChI=1S/C29H43IO7/c1-6-9-12-35-27-21(14-19(4)5)15-23(30)28(22(27)17-31)36-13-11-20(10-7-2)24(33)16-25(34)29(18-32)26(8-3)37-29/h11,15,18-19,25-26,31,34H,6-10,12-14,16-17H2,1-5H3/b20-11+/t25?,26-,29-/m0/s1. The highest BCUT2D eigenvalue weighted by molar-refractivity contribution is 14.1. The van der Waals surface area contributed by atoms with Crippen molar-refractivity contribution in [1.82, 2.24) is 0 Å². The third-order valence-corrected chi connectivity index (χ3v) is 7.37. The number of ketones is 1. The molecule has 1 aromatic rings. The van der Waals surface area contributed by atoms with Crippen LogP contribution < -0.4 is 9.47 Å². The lowest BCUT2D eigenvalue weighted by Crippen LogP contribution is -2.36. The smallest absolute Gasteiger partial charge is 0.176 e. The molecule has 0 aliphatic carbocycles. The van der Waals surface area contributed by atoms with E-state index in [9.17, 15) is 19.8 Å². The number of halogens is 1. The number of hydrogen-bond donors (Lipinski definition) is 2. The molecule has 8 heteroatoms. The zero-order chi connectivity index (χ0) is 27.6. The van der Waals surface area contributed by atoms with Crippen molar-refractivity contribution in [2.75, 3.05) is 13.2 Å². The molecule has 0 saturated carbocycles. The number of allylic oxidation sites excluding steroid dienone is 1. The number of carbonyl (C=O) groups excluding carboxylic acids is 2. The van der Waals surface area contributed by atoms with Crippen molar-refractivity contribution in [3.05, 3.63) is 32.4 Å². The van der Waals surface area contributed by atoms with Gasteiger partial charge in [0.15, 0.2) is 17.7 Å². The third kappa shape index (κ3) is 8.25. The summed E-state index contributed by atoms with van der Waals surface area (Å²) in [7, 11) is 0. The van der Waals surface area contributed by atoms with Gasteiger partial charge in [-0.25, -0.2) is 0 Å². The largest absolute Gasteiger partial charge is 0.493 e. The molecule has 1 heterocycles. The first-order valence-electron chi connectivity index (χ1n) is 13.4. The molecule has 1 aliphatic rings. The number of ether oxygens (including phenoxy) is 3. The van der Waals surface area contributed by atoms with Gasteiger partial charge < -0.3 is 24.4 Å². The van der Waals surface area contributed by atoms with E-state index >= 15 is 0 Å². The quantitative estimate of drug-likeness (QED) is 0.0743. The predicted molar refractivity (Wildman–Crippen MR) is 152 cm³/mol. The normalized spacial score (nSPS) is 20.1. The summed E-state index contributed by atoms with van der Waals surface area (Å²) in [5, 5.41) is 20.8. The Hall–Kier alpha value is -1.49. The summed E-state index contributed by atoms with van der Waals surface area (Å²) in [4.78, 5) is 24.5. The molecule has 1 fully saturated rings. The van der Waals surface area contributed by atoms with Crippen LogP contribution in [0, 0.1) is 9.49 Å². The lowest BCUT2D eigenvalue weighted by atomic mass is 9.91. The van der Waals surface area contributed by atoms with Gasteiger partial charge in [-0.1, -0.05) is 47.5 Å². The Kier molecular flexibility index (Phi) is 13.0. The van der Waals surface area contributed by atoms with Gasteiger partial charge in [-0.15, -0.1) is 0 Å². The molecular weight excluding hydrogens is 587 g/mol.